The monoisotopic (exact) mass is 214 g/mol. The van der Waals surface area contributed by atoms with Gasteiger partial charge in [0.05, 0.1) is 5.36 Å². The molecule has 1 aromatic carbocycles. The van der Waals surface area contributed by atoms with Gasteiger partial charge in [0.2, 0.25) is 0 Å². The Kier molecular flexibility index (Phi) is 3.38. The summed E-state index contributed by atoms with van der Waals surface area (Å²) in [6, 6.07) is 13.8. The van der Waals surface area contributed by atoms with Crippen LogP contribution < -0.4 is 5.36 Å². The van der Waals surface area contributed by atoms with Crippen LogP contribution in [0, 0.1) is 0 Å². The molecule has 2 aromatic rings. The molecule has 0 bridgehead atoms. The van der Waals surface area contributed by atoms with E-state index in [1.165, 1.54) is 5.56 Å². The maximum Gasteiger partial charge on any atom is 0.0606 e. The zero-order valence-corrected chi connectivity index (χ0v) is 8.95. The lowest BCUT2D eigenvalue weighted by atomic mass is 10.2. The molecule has 0 unspecified atom stereocenters. The van der Waals surface area contributed by atoms with Gasteiger partial charge in [0.25, 0.3) is 0 Å². The van der Waals surface area contributed by atoms with Gasteiger partial charge in [-0.3, -0.25) is 4.99 Å². The van der Waals surface area contributed by atoms with Gasteiger partial charge in [-0.05, 0) is 24.1 Å². The number of rotatable bonds is 3. The molecule has 1 aromatic heterocycles. The Morgan fingerprint density at radius 3 is 2.38 bits per heavy atom. The minimum absolute atomic E-state index is 0.763. The third kappa shape index (κ3) is 2.98. The highest BCUT2D eigenvalue weighted by Gasteiger charge is 1.89. The number of aromatic nitrogens is 1. The molecule has 3 heteroatoms. The summed E-state index contributed by atoms with van der Waals surface area (Å²) in [7, 11) is 0. The molecule has 0 fully saturated rings. The van der Waals surface area contributed by atoms with Crippen LogP contribution in [0.15, 0.2) is 59.9 Å². The Bertz CT molecular complexity index is 482. The number of nitrogens with zero attached hydrogens (tertiary/aromatic N) is 2. The first kappa shape index (κ1) is 10.5. The molecular formula is C13H14N2O. The largest absolute Gasteiger partial charge is 0.429 e. The molecule has 0 atom stereocenters. The summed E-state index contributed by atoms with van der Waals surface area (Å²) >= 11 is 0. The van der Waals surface area contributed by atoms with Crippen LogP contribution in [0.25, 0.3) is 0 Å². The second kappa shape index (κ2) is 5.16. The number of pyridine rings is 1. The quantitative estimate of drug-likeness (QED) is 0.778. The highest BCUT2D eigenvalue weighted by molar-refractivity contribution is 5.14. The molecular weight excluding hydrogens is 200 g/mol. The fourth-order valence-corrected chi connectivity index (χ4v) is 1.47. The van der Waals surface area contributed by atoms with Crippen molar-refractivity contribution in [3.8, 4) is 0 Å². The molecule has 0 radical (unpaired) electrons. The summed E-state index contributed by atoms with van der Waals surface area (Å²) < 4.78 is 1.01. The summed E-state index contributed by atoms with van der Waals surface area (Å²) in [5.41, 5.74) is 1.29. The predicted molar refractivity (Wildman–Crippen MR) is 62.2 cm³/mol. The second-order valence-electron chi connectivity index (χ2n) is 3.55. The summed E-state index contributed by atoms with van der Waals surface area (Å²) in [5.74, 6) is 0. The Hall–Kier alpha value is -2.03. The van der Waals surface area contributed by atoms with Gasteiger partial charge < -0.3 is 5.21 Å². The number of hydrogen-bond donors (Lipinski definition) is 1. The van der Waals surface area contributed by atoms with Crippen molar-refractivity contribution in [2.24, 2.45) is 4.99 Å². The Balaban J connectivity index is 1.97. The normalized spacial score (nSPS) is 10.0. The van der Waals surface area contributed by atoms with Crippen LogP contribution in [-0.2, 0) is 6.42 Å². The van der Waals surface area contributed by atoms with Crippen LogP contribution in [0.4, 0.5) is 0 Å². The van der Waals surface area contributed by atoms with Crippen LogP contribution in [0.3, 0.4) is 0 Å². The molecule has 3 nitrogen and oxygen atoms in total. The third-order valence-electron chi connectivity index (χ3n) is 2.33. The van der Waals surface area contributed by atoms with Crippen molar-refractivity contribution < 1.29 is 5.21 Å². The minimum Gasteiger partial charge on any atom is -0.429 e. The molecule has 0 saturated heterocycles. The summed E-state index contributed by atoms with van der Waals surface area (Å²) in [6.45, 7) is 0.763. The van der Waals surface area contributed by atoms with E-state index in [4.69, 9.17) is 5.21 Å². The average molecular weight is 214 g/mol. The third-order valence-corrected chi connectivity index (χ3v) is 2.33. The topological polar surface area (TPSA) is 37.5 Å². The molecule has 1 heterocycles. The van der Waals surface area contributed by atoms with Crippen LogP contribution >= 0.6 is 0 Å². The molecule has 1 N–H and O–H groups in total. The van der Waals surface area contributed by atoms with E-state index in [0.29, 0.717) is 0 Å². The first-order chi connectivity index (χ1) is 7.84. The summed E-state index contributed by atoms with van der Waals surface area (Å²) in [6.07, 6.45) is 4.08. The van der Waals surface area contributed by atoms with Gasteiger partial charge in [0, 0.05) is 18.9 Å². The van der Waals surface area contributed by atoms with E-state index in [2.05, 4.69) is 17.1 Å². The molecule has 0 spiro atoms. The van der Waals surface area contributed by atoms with E-state index in [-0.39, 0.29) is 0 Å². The highest BCUT2D eigenvalue weighted by Crippen LogP contribution is 1.98. The van der Waals surface area contributed by atoms with E-state index in [1.54, 1.807) is 24.5 Å². The van der Waals surface area contributed by atoms with Gasteiger partial charge in [-0.25, -0.2) is 4.73 Å². The SMILES string of the molecule is On1ccc(=NCCc2ccccc2)cc1. The maximum atomic E-state index is 9.04. The van der Waals surface area contributed by atoms with Crippen molar-refractivity contribution in [1.29, 1.82) is 0 Å². The average Bonchev–Trinajstić information content (AvgIpc) is 2.33. The van der Waals surface area contributed by atoms with Gasteiger partial charge >= 0.3 is 0 Å². The zero-order valence-electron chi connectivity index (χ0n) is 8.95. The van der Waals surface area contributed by atoms with Crippen molar-refractivity contribution in [1.82, 2.24) is 4.73 Å². The van der Waals surface area contributed by atoms with E-state index in [1.807, 2.05) is 18.2 Å². The molecule has 0 aliphatic heterocycles. The molecule has 0 aliphatic carbocycles. The minimum atomic E-state index is 0.763. The molecule has 82 valence electrons. The molecule has 2 rings (SSSR count). The summed E-state index contributed by atoms with van der Waals surface area (Å²) in [4.78, 5) is 4.42. The van der Waals surface area contributed by atoms with Gasteiger partial charge in [0.1, 0.15) is 0 Å². The lowest BCUT2D eigenvalue weighted by molar-refractivity contribution is 0.184. The van der Waals surface area contributed by atoms with Crippen molar-refractivity contribution in [3.63, 3.8) is 0 Å². The van der Waals surface area contributed by atoms with Gasteiger partial charge in [-0.15, -0.1) is 0 Å². The van der Waals surface area contributed by atoms with Gasteiger partial charge in [-0.2, -0.15) is 0 Å². The van der Waals surface area contributed by atoms with Crippen molar-refractivity contribution >= 4 is 0 Å². The molecule has 16 heavy (non-hydrogen) atoms. The highest BCUT2D eigenvalue weighted by atomic mass is 16.5. The zero-order chi connectivity index (χ0) is 11.2. The van der Waals surface area contributed by atoms with Crippen LogP contribution in [0.5, 0.6) is 0 Å². The maximum absolute atomic E-state index is 9.04. The van der Waals surface area contributed by atoms with Crippen molar-refractivity contribution in [3.05, 3.63) is 65.8 Å². The van der Waals surface area contributed by atoms with E-state index in [0.717, 1.165) is 23.1 Å². The van der Waals surface area contributed by atoms with Crippen LogP contribution in [0.1, 0.15) is 5.56 Å². The van der Waals surface area contributed by atoms with E-state index >= 15 is 0 Å². The lowest BCUT2D eigenvalue weighted by Gasteiger charge is -1.97. The molecule has 0 aliphatic rings. The fraction of sp³-hybridized carbons (Fsp3) is 0.154. The van der Waals surface area contributed by atoms with Gasteiger partial charge in [-0.1, -0.05) is 30.3 Å². The van der Waals surface area contributed by atoms with Crippen molar-refractivity contribution in [2.75, 3.05) is 6.54 Å². The Labute approximate surface area is 94.3 Å². The van der Waals surface area contributed by atoms with E-state index < -0.39 is 0 Å². The molecule has 0 saturated carbocycles. The first-order valence-electron chi connectivity index (χ1n) is 5.26. The number of benzene rings is 1. The van der Waals surface area contributed by atoms with Gasteiger partial charge in [0.15, 0.2) is 0 Å². The van der Waals surface area contributed by atoms with Crippen LogP contribution in [0.2, 0.25) is 0 Å². The van der Waals surface area contributed by atoms with Crippen molar-refractivity contribution in [2.45, 2.75) is 6.42 Å². The predicted octanol–water partition coefficient (Wildman–Crippen LogP) is 1.87. The fourth-order valence-electron chi connectivity index (χ4n) is 1.47. The number of hydrogen-bond acceptors (Lipinski definition) is 2. The first-order valence-corrected chi connectivity index (χ1v) is 5.26. The Morgan fingerprint density at radius 2 is 1.69 bits per heavy atom. The smallest absolute Gasteiger partial charge is 0.0606 e. The van der Waals surface area contributed by atoms with Crippen LogP contribution in [-0.4, -0.2) is 16.5 Å². The van der Waals surface area contributed by atoms with E-state index in [9.17, 15) is 0 Å². The Morgan fingerprint density at radius 1 is 1.00 bits per heavy atom. The lowest BCUT2D eigenvalue weighted by Crippen LogP contribution is -2.05. The standard InChI is InChI=1S/C13H14N2O/c16-15-10-7-13(8-11-15)14-9-6-12-4-2-1-3-5-12/h1-5,7-8,10-11,16H,6,9H2. The summed E-state index contributed by atoms with van der Waals surface area (Å²) in [5, 5.41) is 9.93. The molecule has 0 amide bonds. The second-order valence-corrected chi connectivity index (χ2v) is 3.55.